The van der Waals surface area contributed by atoms with Crippen LogP contribution < -0.4 is 0 Å². The third-order valence-electron chi connectivity index (χ3n) is 5.27. The number of aliphatic carboxylic acids is 1. The van der Waals surface area contributed by atoms with E-state index in [9.17, 15) is 4.79 Å². The molecule has 2 bridgehead atoms. The van der Waals surface area contributed by atoms with Gasteiger partial charge in [0.25, 0.3) is 0 Å². The van der Waals surface area contributed by atoms with Gasteiger partial charge in [0.2, 0.25) is 0 Å². The fourth-order valence-corrected chi connectivity index (χ4v) is 4.01. The Morgan fingerprint density at radius 1 is 1.13 bits per heavy atom. The van der Waals surface area contributed by atoms with E-state index in [1.807, 2.05) is 18.2 Å². The van der Waals surface area contributed by atoms with Crippen LogP contribution in [0.4, 0.5) is 0 Å². The lowest BCUT2D eigenvalue weighted by Gasteiger charge is -2.67. The molecule has 1 aromatic carbocycles. The van der Waals surface area contributed by atoms with E-state index in [0.717, 1.165) is 38.7 Å². The number of unbranched alkanes of at least 4 members (excludes halogenated alkanes) is 3. The molecule has 0 saturated heterocycles. The minimum atomic E-state index is -0.594. The summed E-state index contributed by atoms with van der Waals surface area (Å²) in [5.74, 6) is -0.594. The van der Waals surface area contributed by atoms with E-state index in [1.165, 1.54) is 18.4 Å². The number of benzene rings is 1. The van der Waals surface area contributed by atoms with Crippen molar-refractivity contribution >= 4 is 5.97 Å². The molecule has 3 aliphatic carbocycles. The van der Waals surface area contributed by atoms with Crippen molar-refractivity contribution in [3.05, 3.63) is 48.0 Å². The number of rotatable bonds is 10. The van der Waals surface area contributed by atoms with Gasteiger partial charge in [-0.3, -0.25) is 4.79 Å². The van der Waals surface area contributed by atoms with Gasteiger partial charge in [-0.2, -0.15) is 0 Å². The molecular weight excluding hydrogens is 288 g/mol. The fraction of sp³-hybridized carbons (Fsp3) is 0.550. The van der Waals surface area contributed by atoms with Crippen LogP contribution in [-0.2, 0) is 16.1 Å². The maximum atomic E-state index is 11.0. The zero-order chi connectivity index (χ0) is 16.2. The first kappa shape index (κ1) is 16.3. The molecule has 0 spiro atoms. The predicted octanol–water partition coefficient (Wildman–Crippen LogP) is 4.57. The SMILES string of the molecule is O=C(O)C12CC(/C=C/CCCCCOCc3ccccc3)(C1)C2. The molecule has 3 fully saturated rings. The van der Waals surface area contributed by atoms with Crippen molar-refractivity contribution in [3.8, 4) is 0 Å². The van der Waals surface area contributed by atoms with Gasteiger partial charge < -0.3 is 9.84 Å². The zero-order valence-electron chi connectivity index (χ0n) is 13.7. The van der Waals surface area contributed by atoms with Gasteiger partial charge in [0.1, 0.15) is 0 Å². The Hall–Kier alpha value is -1.61. The lowest BCUT2D eigenvalue weighted by Crippen LogP contribution is -2.64. The third kappa shape index (κ3) is 3.66. The summed E-state index contributed by atoms with van der Waals surface area (Å²) in [7, 11) is 0. The van der Waals surface area contributed by atoms with E-state index in [2.05, 4.69) is 24.3 Å². The minimum Gasteiger partial charge on any atom is -0.481 e. The first-order valence-electron chi connectivity index (χ1n) is 8.67. The lowest BCUT2D eigenvalue weighted by molar-refractivity contribution is -0.205. The van der Waals surface area contributed by atoms with Gasteiger partial charge in [-0.25, -0.2) is 0 Å². The molecule has 0 aromatic heterocycles. The highest BCUT2D eigenvalue weighted by Gasteiger charge is 2.70. The molecule has 0 amide bonds. The van der Waals surface area contributed by atoms with Gasteiger partial charge in [-0.1, -0.05) is 48.9 Å². The zero-order valence-corrected chi connectivity index (χ0v) is 13.7. The summed E-state index contributed by atoms with van der Waals surface area (Å²) in [6.07, 6.45) is 11.7. The van der Waals surface area contributed by atoms with Crippen LogP contribution in [0, 0.1) is 10.8 Å². The standard InChI is InChI=1S/C20H26O3/c21-18(22)20-14-19(15-20,16-20)11-7-2-1-3-8-12-23-13-17-9-5-4-6-10-17/h4-7,9-11H,1-3,8,12-16H2,(H,21,22)/b11-7+. The number of carbonyl (C=O) groups is 1. The van der Waals surface area contributed by atoms with Crippen LogP contribution >= 0.6 is 0 Å². The van der Waals surface area contributed by atoms with Crippen LogP contribution in [0.1, 0.15) is 50.5 Å². The summed E-state index contributed by atoms with van der Waals surface area (Å²) in [4.78, 5) is 11.0. The third-order valence-corrected chi connectivity index (χ3v) is 5.27. The van der Waals surface area contributed by atoms with Crippen molar-refractivity contribution in [2.24, 2.45) is 10.8 Å². The van der Waals surface area contributed by atoms with Crippen LogP contribution in [0.25, 0.3) is 0 Å². The number of allylic oxidation sites excluding steroid dienone is 2. The minimum absolute atomic E-state index is 0.247. The number of hydrogen-bond acceptors (Lipinski definition) is 2. The molecule has 1 aromatic rings. The van der Waals surface area contributed by atoms with Gasteiger partial charge in [0.05, 0.1) is 12.0 Å². The van der Waals surface area contributed by atoms with Crippen molar-refractivity contribution in [1.82, 2.24) is 0 Å². The Labute approximate surface area is 138 Å². The summed E-state index contributed by atoms with van der Waals surface area (Å²) in [6.45, 7) is 1.53. The van der Waals surface area contributed by atoms with Gasteiger partial charge in [-0.15, -0.1) is 0 Å². The number of hydrogen-bond donors (Lipinski definition) is 1. The molecule has 23 heavy (non-hydrogen) atoms. The summed E-state index contributed by atoms with van der Waals surface area (Å²) in [5, 5.41) is 9.09. The molecule has 0 unspecified atom stereocenters. The summed E-state index contributed by atoms with van der Waals surface area (Å²) >= 11 is 0. The molecule has 0 heterocycles. The second-order valence-corrected chi connectivity index (χ2v) is 7.27. The van der Waals surface area contributed by atoms with E-state index in [1.54, 1.807) is 0 Å². The van der Waals surface area contributed by atoms with E-state index in [0.29, 0.717) is 6.61 Å². The molecule has 1 N–H and O–H groups in total. The molecule has 0 atom stereocenters. The first-order valence-corrected chi connectivity index (χ1v) is 8.67. The summed E-state index contributed by atoms with van der Waals surface area (Å²) in [6, 6.07) is 10.3. The smallest absolute Gasteiger partial charge is 0.309 e. The molecule has 3 aliphatic rings. The molecule has 124 valence electrons. The second kappa shape index (κ2) is 6.88. The summed E-state index contributed by atoms with van der Waals surface area (Å²) in [5.41, 5.74) is 1.13. The van der Waals surface area contributed by atoms with Gasteiger partial charge in [-0.05, 0) is 49.5 Å². The second-order valence-electron chi connectivity index (χ2n) is 7.27. The van der Waals surface area contributed by atoms with E-state index >= 15 is 0 Å². The van der Waals surface area contributed by atoms with Crippen LogP contribution in [0.2, 0.25) is 0 Å². The number of carboxylic acids is 1. The van der Waals surface area contributed by atoms with Crippen molar-refractivity contribution < 1.29 is 14.6 Å². The molecule has 3 nitrogen and oxygen atoms in total. The largest absolute Gasteiger partial charge is 0.481 e. The van der Waals surface area contributed by atoms with Crippen molar-refractivity contribution in [2.45, 2.75) is 51.6 Å². The fourth-order valence-electron chi connectivity index (χ4n) is 4.01. The highest BCUT2D eigenvalue weighted by molar-refractivity contribution is 5.79. The number of carboxylic acid groups (broad SMARTS) is 1. The lowest BCUT2D eigenvalue weighted by atomic mass is 9.35. The Balaban J connectivity index is 1.18. The molecular formula is C20H26O3. The highest BCUT2D eigenvalue weighted by Crippen LogP contribution is 2.74. The first-order chi connectivity index (χ1) is 11.1. The molecule has 0 radical (unpaired) electrons. The maximum absolute atomic E-state index is 11.0. The topological polar surface area (TPSA) is 46.5 Å². The molecule has 0 aliphatic heterocycles. The predicted molar refractivity (Wildman–Crippen MR) is 90.1 cm³/mol. The Morgan fingerprint density at radius 2 is 1.87 bits per heavy atom. The Morgan fingerprint density at radius 3 is 2.57 bits per heavy atom. The average Bonchev–Trinajstić information content (AvgIpc) is 2.46. The van der Waals surface area contributed by atoms with Crippen LogP contribution in [0.5, 0.6) is 0 Å². The van der Waals surface area contributed by atoms with Crippen molar-refractivity contribution in [1.29, 1.82) is 0 Å². The van der Waals surface area contributed by atoms with Crippen LogP contribution in [-0.4, -0.2) is 17.7 Å². The molecule has 3 heteroatoms. The molecule has 4 rings (SSSR count). The van der Waals surface area contributed by atoms with E-state index in [-0.39, 0.29) is 10.8 Å². The normalized spacial score (nSPS) is 28.3. The Bertz CT molecular complexity index is 542. The van der Waals surface area contributed by atoms with E-state index < -0.39 is 5.97 Å². The highest BCUT2D eigenvalue weighted by atomic mass is 16.5. The van der Waals surface area contributed by atoms with Crippen LogP contribution in [0.3, 0.4) is 0 Å². The van der Waals surface area contributed by atoms with E-state index in [4.69, 9.17) is 9.84 Å². The van der Waals surface area contributed by atoms with Crippen molar-refractivity contribution in [3.63, 3.8) is 0 Å². The quantitative estimate of drug-likeness (QED) is 0.508. The summed E-state index contributed by atoms with van der Waals surface area (Å²) < 4.78 is 5.67. The van der Waals surface area contributed by atoms with Crippen molar-refractivity contribution in [2.75, 3.05) is 6.61 Å². The van der Waals surface area contributed by atoms with Gasteiger partial charge in [0.15, 0.2) is 0 Å². The van der Waals surface area contributed by atoms with Gasteiger partial charge >= 0.3 is 5.97 Å². The molecule has 3 saturated carbocycles. The average molecular weight is 314 g/mol. The number of ether oxygens (including phenoxy) is 1. The maximum Gasteiger partial charge on any atom is 0.309 e. The monoisotopic (exact) mass is 314 g/mol. The Kier molecular flexibility index (Phi) is 4.86. The van der Waals surface area contributed by atoms with Gasteiger partial charge in [0, 0.05) is 6.61 Å². The van der Waals surface area contributed by atoms with Crippen LogP contribution in [0.15, 0.2) is 42.5 Å².